The van der Waals surface area contributed by atoms with E-state index in [1.807, 2.05) is 0 Å². The number of hydrogen-bond donors (Lipinski definition) is 2. The lowest BCUT2D eigenvalue weighted by molar-refractivity contribution is -0.126. The molecule has 0 aromatic carbocycles. The van der Waals surface area contributed by atoms with Gasteiger partial charge in [-0.1, -0.05) is 32.6 Å². The van der Waals surface area contributed by atoms with Crippen LogP contribution < -0.4 is 0 Å². The van der Waals surface area contributed by atoms with Crippen molar-refractivity contribution in [2.45, 2.75) is 51.9 Å². The largest absolute Gasteiger partial charge is 0.332 e. The van der Waals surface area contributed by atoms with Gasteiger partial charge in [0, 0.05) is 5.41 Å². The highest BCUT2D eigenvalue weighted by Gasteiger charge is 2.42. The molecule has 0 unspecified atom stereocenters. The van der Waals surface area contributed by atoms with Gasteiger partial charge in [0.15, 0.2) is 5.78 Å². The first-order valence-electron chi connectivity index (χ1n) is 5.97. The van der Waals surface area contributed by atoms with Gasteiger partial charge in [-0.3, -0.25) is 9.36 Å². The quantitative estimate of drug-likeness (QED) is 0.708. The molecular weight excluding hydrogens is 227 g/mol. The minimum Gasteiger partial charge on any atom is -0.324 e. The highest BCUT2D eigenvalue weighted by Crippen LogP contribution is 2.46. The Morgan fingerprint density at radius 2 is 1.88 bits per heavy atom. The number of hydrogen-bond acceptors (Lipinski definition) is 2. The molecule has 1 saturated carbocycles. The average molecular weight is 248 g/mol. The third-order valence-electron chi connectivity index (χ3n) is 3.51. The zero-order chi connectivity index (χ0) is 12.2. The van der Waals surface area contributed by atoms with E-state index in [1.54, 1.807) is 0 Å². The van der Waals surface area contributed by atoms with Crippen LogP contribution in [0.3, 0.4) is 0 Å². The first-order chi connectivity index (χ1) is 7.40. The van der Waals surface area contributed by atoms with Crippen molar-refractivity contribution in [2.24, 2.45) is 5.41 Å². The van der Waals surface area contributed by atoms with E-state index in [1.165, 1.54) is 0 Å². The Morgan fingerprint density at radius 3 is 2.31 bits per heavy atom. The molecule has 94 valence electrons. The second kappa shape index (κ2) is 5.44. The average Bonchev–Trinajstić information content (AvgIpc) is 2.61. The number of rotatable bonds is 6. The van der Waals surface area contributed by atoms with Crippen LogP contribution in [0, 0.1) is 5.41 Å². The van der Waals surface area contributed by atoms with E-state index in [4.69, 9.17) is 9.79 Å². The summed E-state index contributed by atoms with van der Waals surface area (Å²) in [5.41, 5.74) is -0.420. The fourth-order valence-corrected chi connectivity index (χ4v) is 3.30. The zero-order valence-electron chi connectivity index (χ0n) is 9.81. The van der Waals surface area contributed by atoms with Gasteiger partial charge in [-0.25, -0.2) is 0 Å². The molecule has 0 aromatic rings. The maximum absolute atomic E-state index is 12.0. The van der Waals surface area contributed by atoms with Crippen LogP contribution >= 0.6 is 7.60 Å². The maximum Gasteiger partial charge on any atom is 0.332 e. The van der Waals surface area contributed by atoms with Gasteiger partial charge in [-0.2, -0.15) is 0 Å². The number of unbranched alkanes of at least 4 members (excludes halogenated alkanes) is 1. The van der Waals surface area contributed by atoms with Gasteiger partial charge in [0.1, 0.15) is 6.16 Å². The summed E-state index contributed by atoms with van der Waals surface area (Å²) in [5.74, 6) is -0.216. The lowest BCUT2D eigenvalue weighted by Crippen LogP contribution is -2.30. The highest BCUT2D eigenvalue weighted by molar-refractivity contribution is 7.52. The Kier molecular flexibility index (Phi) is 4.72. The summed E-state index contributed by atoms with van der Waals surface area (Å²) in [7, 11) is -4.20. The summed E-state index contributed by atoms with van der Waals surface area (Å²) in [4.78, 5) is 29.8. The first-order valence-corrected chi connectivity index (χ1v) is 7.77. The Hall–Kier alpha value is -0.180. The molecule has 5 heteroatoms. The van der Waals surface area contributed by atoms with E-state index in [9.17, 15) is 9.36 Å². The molecule has 1 fully saturated rings. The van der Waals surface area contributed by atoms with Crippen molar-refractivity contribution in [2.75, 3.05) is 6.16 Å². The van der Waals surface area contributed by atoms with E-state index in [0.29, 0.717) is 0 Å². The molecule has 0 saturated heterocycles. The van der Waals surface area contributed by atoms with Crippen LogP contribution in [0.25, 0.3) is 0 Å². The zero-order valence-corrected chi connectivity index (χ0v) is 10.7. The maximum atomic E-state index is 12.0. The summed E-state index contributed by atoms with van der Waals surface area (Å²) in [5, 5.41) is 0. The minimum atomic E-state index is -4.20. The molecule has 0 spiro atoms. The second-order valence-corrected chi connectivity index (χ2v) is 6.48. The van der Waals surface area contributed by atoms with E-state index >= 15 is 0 Å². The molecule has 0 aliphatic heterocycles. The Balaban J connectivity index is 2.69. The van der Waals surface area contributed by atoms with Gasteiger partial charge in [0.05, 0.1) is 0 Å². The summed E-state index contributed by atoms with van der Waals surface area (Å²) in [6, 6.07) is 0. The van der Waals surface area contributed by atoms with Crippen molar-refractivity contribution in [3.63, 3.8) is 0 Å². The molecule has 1 rings (SSSR count). The molecule has 0 heterocycles. The normalized spacial score (nSPS) is 19.9. The smallest absolute Gasteiger partial charge is 0.324 e. The van der Waals surface area contributed by atoms with Crippen molar-refractivity contribution in [3.05, 3.63) is 0 Å². The van der Waals surface area contributed by atoms with E-state index in [2.05, 4.69) is 6.92 Å². The Labute approximate surface area is 96.6 Å². The molecule has 0 radical (unpaired) electrons. The molecule has 1 aliphatic rings. The third kappa shape index (κ3) is 3.69. The predicted octanol–water partition coefficient (Wildman–Crippen LogP) is 2.48. The van der Waals surface area contributed by atoms with Crippen LogP contribution in [0.2, 0.25) is 0 Å². The molecule has 16 heavy (non-hydrogen) atoms. The molecule has 0 atom stereocenters. The monoisotopic (exact) mass is 248 g/mol. The van der Waals surface area contributed by atoms with Crippen molar-refractivity contribution in [1.29, 1.82) is 0 Å². The van der Waals surface area contributed by atoms with E-state index < -0.39 is 19.2 Å². The van der Waals surface area contributed by atoms with Gasteiger partial charge >= 0.3 is 7.60 Å². The fraction of sp³-hybridized carbons (Fsp3) is 0.909. The van der Waals surface area contributed by atoms with Crippen LogP contribution in [0.1, 0.15) is 51.9 Å². The van der Waals surface area contributed by atoms with E-state index in [-0.39, 0.29) is 5.78 Å². The third-order valence-corrected chi connectivity index (χ3v) is 4.21. The van der Waals surface area contributed by atoms with Crippen molar-refractivity contribution < 1.29 is 19.1 Å². The lowest BCUT2D eigenvalue weighted by Gasteiger charge is -2.27. The summed E-state index contributed by atoms with van der Waals surface area (Å²) < 4.78 is 10.9. The van der Waals surface area contributed by atoms with E-state index in [0.717, 1.165) is 44.9 Å². The standard InChI is InChI=1S/C11H21O4P/c1-2-3-6-11(7-4-5-8-11)10(12)9-16(13,14)15/h2-9H2,1H3,(H2,13,14,15). The van der Waals surface area contributed by atoms with Crippen molar-refractivity contribution in [1.82, 2.24) is 0 Å². The van der Waals surface area contributed by atoms with Crippen LogP contribution in [-0.4, -0.2) is 21.7 Å². The second-order valence-electron chi connectivity index (χ2n) is 4.84. The van der Waals surface area contributed by atoms with Crippen LogP contribution in [0.15, 0.2) is 0 Å². The number of carbonyl (C=O) groups excluding carboxylic acids is 1. The molecule has 2 N–H and O–H groups in total. The SMILES string of the molecule is CCCCC1(C(=O)CP(=O)(O)O)CCCC1. The summed E-state index contributed by atoms with van der Waals surface area (Å²) in [6.07, 6.45) is 5.85. The van der Waals surface area contributed by atoms with Crippen LogP contribution in [0.4, 0.5) is 0 Å². The Morgan fingerprint density at radius 1 is 1.31 bits per heavy atom. The topological polar surface area (TPSA) is 74.6 Å². The lowest BCUT2D eigenvalue weighted by atomic mass is 9.78. The van der Waals surface area contributed by atoms with Crippen molar-refractivity contribution in [3.8, 4) is 0 Å². The van der Waals surface area contributed by atoms with Gasteiger partial charge in [-0.05, 0) is 19.3 Å². The van der Waals surface area contributed by atoms with Gasteiger partial charge in [0.25, 0.3) is 0 Å². The molecule has 4 nitrogen and oxygen atoms in total. The molecule has 1 aliphatic carbocycles. The number of ketones is 1. The number of Topliss-reactive ketones (excluding diaryl/α,β-unsaturated/α-hetero) is 1. The Bertz CT molecular complexity index is 288. The van der Waals surface area contributed by atoms with Gasteiger partial charge < -0.3 is 9.79 Å². The van der Waals surface area contributed by atoms with Crippen molar-refractivity contribution >= 4 is 13.4 Å². The molecule has 0 bridgehead atoms. The van der Waals surface area contributed by atoms with Crippen LogP contribution in [-0.2, 0) is 9.36 Å². The fourth-order valence-electron chi connectivity index (χ4n) is 2.59. The highest BCUT2D eigenvalue weighted by atomic mass is 31.2. The summed E-state index contributed by atoms with van der Waals surface area (Å²) >= 11 is 0. The molecule has 0 amide bonds. The minimum absolute atomic E-state index is 0.216. The first kappa shape index (κ1) is 13.9. The predicted molar refractivity (Wildman–Crippen MR) is 62.3 cm³/mol. The van der Waals surface area contributed by atoms with Gasteiger partial charge in [-0.15, -0.1) is 0 Å². The molecular formula is C11H21O4P. The molecule has 0 aromatic heterocycles. The van der Waals surface area contributed by atoms with Gasteiger partial charge in [0.2, 0.25) is 0 Å². The van der Waals surface area contributed by atoms with Crippen LogP contribution in [0.5, 0.6) is 0 Å². The summed E-state index contributed by atoms with van der Waals surface area (Å²) in [6.45, 7) is 2.07. The number of carbonyl (C=O) groups is 1.